The summed E-state index contributed by atoms with van der Waals surface area (Å²) in [4.78, 5) is 26.4. The number of nitrogens with one attached hydrogen (secondary N) is 1. The predicted octanol–water partition coefficient (Wildman–Crippen LogP) is 2.73. The lowest BCUT2D eigenvalue weighted by Gasteiger charge is -2.23. The maximum atomic E-state index is 11.9. The van der Waals surface area contributed by atoms with E-state index in [-0.39, 0.29) is 5.56 Å². The van der Waals surface area contributed by atoms with Crippen LogP contribution in [0.2, 0.25) is 0 Å². The van der Waals surface area contributed by atoms with Gasteiger partial charge < -0.3 is 10.7 Å². The fourth-order valence-electron chi connectivity index (χ4n) is 3.67. The van der Waals surface area contributed by atoms with E-state index < -0.39 is 0 Å². The van der Waals surface area contributed by atoms with Gasteiger partial charge in [-0.3, -0.25) is 9.69 Å². The van der Waals surface area contributed by atoms with Gasteiger partial charge in [-0.1, -0.05) is 18.2 Å². The van der Waals surface area contributed by atoms with Crippen molar-refractivity contribution in [1.82, 2.24) is 19.9 Å². The van der Waals surface area contributed by atoms with Gasteiger partial charge in [0.25, 0.3) is 5.56 Å². The van der Waals surface area contributed by atoms with Crippen molar-refractivity contribution in [2.24, 2.45) is 5.73 Å². The van der Waals surface area contributed by atoms with Gasteiger partial charge >= 0.3 is 0 Å². The first-order valence-electron chi connectivity index (χ1n) is 9.26. The van der Waals surface area contributed by atoms with Crippen LogP contribution in [0.5, 0.6) is 0 Å². The predicted molar refractivity (Wildman–Crippen MR) is 108 cm³/mol. The highest BCUT2D eigenvalue weighted by Crippen LogP contribution is 2.34. The molecule has 7 heteroatoms. The van der Waals surface area contributed by atoms with Crippen LogP contribution >= 0.6 is 11.3 Å². The van der Waals surface area contributed by atoms with E-state index >= 15 is 0 Å². The molecule has 6 nitrogen and oxygen atoms in total. The summed E-state index contributed by atoms with van der Waals surface area (Å²) in [7, 11) is 0. The summed E-state index contributed by atoms with van der Waals surface area (Å²) >= 11 is 1.73. The number of nitrogens with zero attached hydrogens (tertiary/aromatic N) is 3. The Morgan fingerprint density at radius 2 is 2.26 bits per heavy atom. The molecule has 0 aliphatic carbocycles. The highest BCUT2D eigenvalue weighted by molar-refractivity contribution is 7.09. The van der Waals surface area contributed by atoms with Crippen LogP contribution in [0.4, 0.5) is 0 Å². The van der Waals surface area contributed by atoms with Crippen LogP contribution in [0.25, 0.3) is 11.4 Å². The Kier molecular flexibility index (Phi) is 5.42. The van der Waals surface area contributed by atoms with Crippen LogP contribution in [0.1, 0.15) is 35.1 Å². The molecule has 1 saturated heterocycles. The summed E-state index contributed by atoms with van der Waals surface area (Å²) in [5.74, 6) is 0.602. The SMILES string of the molecule is NCCc1cc(=O)[nH]c(-c2cccc(CN3CCCC3c3nccs3)c2)n1. The highest BCUT2D eigenvalue weighted by Gasteiger charge is 2.27. The van der Waals surface area contributed by atoms with E-state index in [1.807, 2.05) is 23.7 Å². The van der Waals surface area contributed by atoms with Crippen molar-refractivity contribution in [2.75, 3.05) is 13.1 Å². The third-order valence-corrected chi connectivity index (χ3v) is 5.76. The quantitative estimate of drug-likeness (QED) is 0.685. The van der Waals surface area contributed by atoms with Crippen LogP contribution in [-0.2, 0) is 13.0 Å². The third-order valence-electron chi connectivity index (χ3n) is 4.88. The Bertz CT molecular complexity index is 953. The number of hydrogen-bond donors (Lipinski definition) is 2. The van der Waals surface area contributed by atoms with Crippen molar-refractivity contribution < 1.29 is 0 Å². The fourth-order valence-corrected chi connectivity index (χ4v) is 4.47. The molecule has 1 unspecified atom stereocenters. The monoisotopic (exact) mass is 381 g/mol. The zero-order chi connectivity index (χ0) is 18.6. The normalized spacial score (nSPS) is 17.4. The maximum absolute atomic E-state index is 11.9. The molecule has 3 aromatic rings. The first kappa shape index (κ1) is 18.0. The molecule has 0 amide bonds. The summed E-state index contributed by atoms with van der Waals surface area (Å²) in [6.45, 7) is 2.42. The van der Waals surface area contributed by atoms with Crippen LogP contribution in [0.15, 0.2) is 46.7 Å². The standard InChI is InChI=1S/C20H23N5OS/c21-7-6-16-12-18(26)24-19(23-16)15-4-1-3-14(11-15)13-25-9-2-5-17(25)20-22-8-10-27-20/h1,3-4,8,10-12,17H,2,5-7,9,13,21H2,(H,23,24,26). The number of thiazole rings is 1. The molecule has 4 rings (SSSR count). The molecule has 0 saturated carbocycles. The summed E-state index contributed by atoms with van der Waals surface area (Å²) in [5, 5.41) is 3.24. The number of rotatable bonds is 6. The molecule has 140 valence electrons. The van der Waals surface area contributed by atoms with Crippen molar-refractivity contribution in [1.29, 1.82) is 0 Å². The van der Waals surface area contributed by atoms with Gasteiger partial charge in [0.15, 0.2) is 0 Å². The zero-order valence-electron chi connectivity index (χ0n) is 15.1. The van der Waals surface area contributed by atoms with E-state index in [1.165, 1.54) is 23.1 Å². The smallest absolute Gasteiger partial charge is 0.251 e. The van der Waals surface area contributed by atoms with Crippen LogP contribution in [0, 0.1) is 0 Å². The van der Waals surface area contributed by atoms with Crippen molar-refractivity contribution in [3.63, 3.8) is 0 Å². The molecule has 2 aromatic heterocycles. The van der Waals surface area contributed by atoms with Crippen LogP contribution < -0.4 is 11.3 Å². The van der Waals surface area contributed by atoms with Crippen LogP contribution in [-0.4, -0.2) is 32.9 Å². The van der Waals surface area contributed by atoms with Crippen molar-refractivity contribution in [2.45, 2.75) is 31.8 Å². The van der Waals surface area contributed by atoms with Crippen molar-refractivity contribution in [3.05, 3.63) is 68.5 Å². The minimum absolute atomic E-state index is 0.141. The molecule has 1 aromatic carbocycles. The van der Waals surface area contributed by atoms with Gasteiger partial charge in [-0.25, -0.2) is 9.97 Å². The Labute approximate surface area is 162 Å². The first-order chi connectivity index (χ1) is 13.2. The summed E-state index contributed by atoms with van der Waals surface area (Å²) < 4.78 is 0. The molecule has 1 fully saturated rings. The Morgan fingerprint density at radius 3 is 3.07 bits per heavy atom. The van der Waals surface area contributed by atoms with E-state index in [4.69, 9.17) is 5.73 Å². The Balaban J connectivity index is 1.57. The number of aromatic amines is 1. The largest absolute Gasteiger partial charge is 0.330 e. The molecule has 27 heavy (non-hydrogen) atoms. The van der Waals surface area contributed by atoms with Gasteiger partial charge in [0.05, 0.1) is 6.04 Å². The van der Waals surface area contributed by atoms with E-state index in [2.05, 4.69) is 32.0 Å². The number of aromatic nitrogens is 3. The van der Waals surface area contributed by atoms with Gasteiger partial charge in [0.2, 0.25) is 0 Å². The highest BCUT2D eigenvalue weighted by atomic mass is 32.1. The molecule has 1 atom stereocenters. The number of benzene rings is 1. The van der Waals surface area contributed by atoms with Gasteiger partial charge in [-0.05, 0) is 37.6 Å². The summed E-state index contributed by atoms with van der Waals surface area (Å²) in [6.07, 6.45) is 4.83. The summed E-state index contributed by atoms with van der Waals surface area (Å²) in [5.41, 5.74) is 8.33. The molecular formula is C20H23N5OS. The fraction of sp³-hybridized carbons (Fsp3) is 0.350. The molecular weight excluding hydrogens is 358 g/mol. The second-order valence-electron chi connectivity index (χ2n) is 6.82. The Morgan fingerprint density at radius 1 is 1.33 bits per heavy atom. The van der Waals surface area contributed by atoms with Gasteiger partial charge in [-0.2, -0.15) is 0 Å². The number of likely N-dealkylation sites (tertiary alicyclic amines) is 1. The van der Waals surface area contributed by atoms with Gasteiger partial charge in [0, 0.05) is 41.9 Å². The van der Waals surface area contributed by atoms with E-state index in [0.29, 0.717) is 24.8 Å². The van der Waals surface area contributed by atoms with Crippen molar-refractivity contribution >= 4 is 11.3 Å². The molecule has 3 heterocycles. The maximum Gasteiger partial charge on any atom is 0.251 e. The molecule has 1 aliphatic heterocycles. The third kappa shape index (κ3) is 4.16. The molecule has 1 aliphatic rings. The Hall–Kier alpha value is -2.35. The van der Waals surface area contributed by atoms with E-state index in [1.54, 1.807) is 11.3 Å². The topological polar surface area (TPSA) is 87.9 Å². The summed E-state index contributed by atoms with van der Waals surface area (Å²) in [6, 6.07) is 10.2. The average molecular weight is 382 g/mol. The van der Waals surface area contributed by atoms with Gasteiger partial charge in [-0.15, -0.1) is 11.3 Å². The average Bonchev–Trinajstić information content (AvgIpc) is 3.33. The first-order valence-corrected chi connectivity index (χ1v) is 10.1. The minimum Gasteiger partial charge on any atom is -0.330 e. The lowest BCUT2D eigenvalue weighted by molar-refractivity contribution is 0.248. The molecule has 0 bridgehead atoms. The molecule has 0 spiro atoms. The number of nitrogens with two attached hydrogens (primary N) is 1. The lowest BCUT2D eigenvalue weighted by atomic mass is 10.1. The molecule has 0 radical (unpaired) electrons. The number of H-pyrrole nitrogens is 1. The molecule has 3 N–H and O–H groups in total. The second kappa shape index (κ2) is 8.12. The zero-order valence-corrected chi connectivity index (χ0v) is 15.9. The van der Waals surface area contributed by atoms with Crippen LogP contribution in [0.3, 0.4) is 0 Å². The minimum atomic E-state index is -0.141. The van der Waals surface area contributed by atoms with Gasteiger partial charge in [0.1, 0.15) is 10.8 Å². The lowest BCUT2D eigenvalue weighted by Crippen LogP contribution is -2.22. The van der Waals surface area contributed by atoms with E-state index in [9.17, 15) is 4.79 Å². The second-order valence-corrected chi connectivity index (χ2v) is 7.75. The van der Waals surface area contributed by atoms with E-state index in [0.717, 1.165) is 30.8 Å². The number of hydrogen-bond acceptors (Lipinski definition) is 6. The van der Waals surface area contributed by atoms with Crippen molar-refractivity contribution in [3.8, 4) is 11.4 Å².